The molecule has 0 bridgehead atoms. The van der Waals surface area contributed by atoms with Crippen molar-refractivity contribution >= 4 is 27.5 Å². The number of hydrogen-bond acceptors (Lipinski definition) is 3. The van der Waals surface area contributed by atoms with Crippen LogP contribution < -0.4 is 11.1 Å². The van der Waals surface area contributed by atoms with Crippen molar-refractivity contribution in [1.82, 2.24) is 10.2 Å². The second-order valence-corrected chi connectivity index (χ2v) is 5.91. The summed E-state index contributed by atoms with van der Waals surface area (Å²) in [4.78, 5) is 13.4. The number of nitrogens with one attached hydrogen (secondary N) is 1. The predicted molar refractivity (Wildman–Crippen MR) is 80.7 cm³/mol. The molecule has 0 aliphatic carbocycles. The second-order valence-electron chi connectivity index (χ2n) is 5.06. The van der Waals surface area contributed by atoms with E-state index in [1.54, 1.807) is 6.92 Å². The van der Waals surface area contributed by atoms with Gasteiger partial charge in [-0.3, -0.25) is 9.69 Å². The molecule has 1 aliphatic heterocycles. The Hall–Kier alpha value is -1.07. The first-order valence-corrected chi connectivity index (χ1v) is 7.38. The van der Waals surface area contributed by atoms with Gasteiger partial charge in [0.25, 0.3) is 0 Å². The van der Waals surface area contributed by atoms with E-state index < -0.39 is 0 Å². The molecule has 0 aromatic heterocycles. The van der Waals surface area contributed by atoms with Gasteiger partial charge in [0.15, 0.2) is 0 Å². The topological polar surface area (TPSA) is 58.4 Å². The lowest BCUT2D eigenvalue weighted by Gasteiger charge is -2.32. The van der Waals surface area contributed by atoms with Gasteiger partial charge in [-0.05, 0) is 25.0 Å². The molecule has 1 aromatic rings. The van der Waals surface area contributed by atoms with E-state index in [2.05, 4.69) is 26.1 Å². The van der Waals surface area contributed by atoms with Crippen molar-refractivity contribution in [2.75, 3.05) is 18.8 Å². The summed E-state index contributed by atoms with van der Waals surface area (Å²) in [5.41, 5.74) is 8.00. The third kappa shape index (κ3) is 3.94. The van der Waals surface area contributed by atoms with Crippen molar-refractivity contribution < 1.29 is 4.79 Å². The number of carbonyl (C=O) groups is 1. The van der Waals surface area contributed by atoms with E-state index in [9.17, 15) is 4.79 Å². The Morgan fingerprint density at radius 1 is 1.47 bits per heavy atom. The fraction of sp³-hybridized carbons (Fsp3) is 0.500. The highest BCUT2D eigenvalue weighted by molar-refractivity contribution is 9.10. The number of likely N-dealkylation sites (tertiary alicyclic amines) is 1. The van der Waals surface area contributed by atoms with E-state index in [4.69, 9.17) is 5.73 Å². The third-order valence-corrected chi connectivity index (χ3v) is 4.27. The number of halogens is 1. The van der Waals surface area contributed by atoms with Crippen LogP contribution in [0.4, 0.5) is 5.69 Å². The molecule has 3 N–H and O–H groups in total. The molecule has 0 atom stereocenters. The molecule has 4 nitrogen and oxygen atoms in total. The summed E-state index contributed by atoms with van der Waals surface area (Å²) in [6.07, 6.45) is 2.01. The van der Waals surface area contributed by atoms with Crippen LogP contribution >= 0.6 is 15.9 Å². The Labute approximate surface area is 122 Å². The highest BCUT2D eigenvalue weighted by Crippen LogP contribution is 2.25. The zero-order valence-electron chi connectivity index (χ0n) is 11.2. The van der Waals surface area contributed by atoms with Crippen molar-refractivity contribution in [2.45, 2.75) is 32.4 Å². The molecule has 1 saturated heterocycles. The van der Waals surface area contributed by atoms with Crippen LogP contribution in [-0.4, -0.2) is 29.9 Å². The summed E-state index contributed by atoms with van der Waals surface area (Å²) in [6.45, 7) is 4.42. The highest BCUT2D eigenvalue weighted by atomic mass is 79.9. The molecule has 1 amide bonds. The molecule has 104 valence electrons. The largest absolute Gasteiger partial charge is 0.398 e. The highest BCUT2D eigenvalue weighted by Gasteiger charge is 2.20. The lowest BCUT2D eigenvalue weighted by Crippen LogP contribution is -2.43. The molecule has 0 radical (unpaired) electrons. The zero-order chi connectivity index (χ0) is 13.8. The third-order valence-electron chi connectivity index (χ3n) is 3.53. The SMILES string of the molecule is CC(=O)NC1CCN(Cc2c(N)cccc2Br)CC1. The molecule has 1 aliphatic rings. The standard InChI is InChI=1S/C14H20BrN3O/c1-10(19)17-11-5-7-18(8-6-11)9-12-13(15)3-2-4-14(12)16/h2-4,11H,5-9,16H2,1H3,(H,17,19). The van der Waals surface area contributed by atoms with E-state index >= 15 is 0 Å². The molecule has 1 aromatic carbocycles. The van der Waals surface area contributed by atoms with Crippen molar-refractivity contribution in [1.29, 1.82) is 0 Å². The second kappa shape index (κ2) is 6.39. The number of nitrogens with zero attached hydrogens (tertiary/aromatic N) is 1. The average molecular weight is 326 g/mol. The first-order chi connectivity index (χ1) is 9.06. The van der Waals surface area contributed by atoms with Crippen LogP contribution in [0.3, 0.4) is 0 Å². The van der Waals surface area contributed by atoms with Gasteiger partial charge in [0, 0.05) is 48.3 Å². The molecule has 1 heterocycles. The van der Waals surface area contributed by atoms with E-state index in [1.807, 2.05) is 18.2 Å². The predicted octanol–water partition coefficient (Wildman–Crippen LogP) is 2.13. The van der Waals surface area contributed by atoms with Crippen LogP contribution in [0.2, 0.25) is 0 Å². The number of nitrogen functional groups attached to an aromatic ring is 1. The molecule has 0 unspecified atom stereocenters. The molecule has 1 fully saturated rings. The molecule has 19 heavy (non-hydrogen) atoms. The summed E-state index contributed by atoms with van der Waals surface area (Å²) in [5.74, 6) is 0.0634. The molecule has 5 heteroatoms. The minimum atomic E-state index is 0.0634. The fourth-order valence-electron chi connectivity index (χ4n) is 2.49. The summed E-state index contributed by atoms with van der Waals surface area (Å²) in [7, 11) is 0. The molecular weight excluding hydrogens is 306 g/mol. The minimum Gasteiger partial charge on any atom is -0.398 e. The lowest BCUT2D eigenvalue weighted by atomic mass is 10.0. The van der Waals surface area contributed by atoms with Crippen LogP contribution in [-0.2, 0) is 11.3 Å². The van der Waals surface area contributed by atoms with Crippen LogP contribution in [0.25, 0.3) is 0 Å². The summed E-state index contributed by atoms with van der Waals surface area (Å²) in [6, 6.07) is 6.23. The normalized spacial score (nSPS) is 17.4. The Morgan fingerprint density at radius 3 is 2.74 bits per heavy atom. The van der Waals surface area contributed by atoms with Gasteiger partial charge in [-0.1, -0.05) is 22.0 Å². The minimum absolute atomic E-state index is 0.0634. The maximum Gasteiger partial charge on any atom is 0.217 e. The van der Waals surface area contributed by atoms with Gasteiger partial charge in [0.1, 0.15) is 0 Å². The zero-order valence-corrected chi connectivity index (χ0v) is 12.7. The molecular formula is C14H20BrN3O. The number of hydrogen-bond donors (Lipinski definition) is 2. The average Bonchev–Trinajstić information content (AvgIpc) is 2.35. The molecule has 0 spiro atoms. The molecule has 2 rings (SSSR count). The van der Waals surface area contributed by atoms with Gasteiger partial charge in [-0.15, -0.1) is 0 Å². The Morgan fingerprint density at radius 2 is 2.16 bits per heavy atom. The van der Waals surface area contributed by atoms with Gasteiger partial charge >= 0.3 is 0 Å². The Kier molecular flexibility index (Phi) is 4.82. The smallest absolute Gasteiger partial charge is 0.217 e. The lowest BCUT2D eigenvalue weighted by molar-refractivity contribution is -0.119. The maximum absolute atomic E-state index is 11.0. The first kappa shape index (κ1) is 14.3. The number of rotatable bonds is 3. The van der Waals surface area contributed by atoms with Crippen LogP contribution in [0, 0.1) is 0 Å². The van der Waals surface area contributed by atoms with Crippen LogP contribution in [0.15, 0.2) is 22.7 Å². The van der Waals surface area contributed by atoms with Crippen molar-refractivity contribution in [3.63, 3.8) is 0 Å². The Bertz CT molecular complexity index is 436. The van der Waals surface area contributed by atoms with Crippen molar-refractivity contribution in [3.05, 3.63) is 28.2 Å². The van der Waals surface area contributed by atoms with Gasteiger partial charge in [0.05, 0.1) is 0 Å². The number of carbonyl (C=O) groups excluding carboxylic acids is 1. The number of amides is 1. The molecule has 0 saturated carbocycles. The van der Waals surface area contributed by atoms with Crippen LogP contribution in [0.5, 0.6) is 0 Å². The van der Waals surface area contributed by atoms with Crippen molar-refractivity contribution in [3.8, 4) is 0 Å². The summed E-state index contributed by atoms with van der Waals surface area (Å²) in [5, 5.41) is 2.99. The van der Waals surface area contributed by atoms with Crippen molar-refractivity contribution in [2.24, 2.45) is 0 Å². The number of anilines is 1. The van der Waals surface area contributed by atoms with Gasteiger partial charge in [-0.2, -0.15) is 0 Å². The van der Waals surface area contributed by atoms with E-state index in [0.29, 0.717) is 6.04 Å². The quantitative estimate of drug-likeness (QED) is 0.837. The fourth-order valence-corrected chi connectivity index (χ4v) is 3.00. The number of benzene rings is 1. The van der Waals surface area contributed by atoms with Gasteiger partial charge in [-0.25, -0.2) is 0 Å². The van der Waals surface area contributed by atoms with E-state index in [0.717, 1.165) is 48.2 Å². The van der Waals surface area contributed by atoms with E-state index in [-0.39, 0.29) is 5.91 Å². The number of nitrogens with two attached hydrogens (primary N) is 1. The maximum atomic E-state index is 11.0. The Balaban J connectivity index is 1.91. The van der Waals surface area contributed by atoms with Crippen LogP contribution in [0.1, 0.15) is 25.3 Å². The first-order valence-electron chi connectivity index (χ1n) is 6.58. The van der Waals surface area contributed by atoms with E-state index in [1.165, 1.54) is 0 Å². The monoisotopic (exact) mass is 325 g/mol. The summed E-state index contributed by atoms with van der Waals surface area (Å²) >= 11 is 3.55. The van der Waals surface area contributed by atoms with Gasteiger partial charge < -0.3 is 11.1 Å². The number of piperidine rings is 1. The van der Waals surface area contributed by atoms with Gasteiger partial charge in [0.2, 0.25) is 5.91 Å². The summed E-state index contributed by atoms with van der Waals surface area (Å²) < 4.78 is 1.07.